The SMILES string of the molecule is CSc1cccc(NC(=O)COC(=O)CSc2ccc(C)cc2C)c1. The minimum absolute atomic E-state index is 0.180. The van der Waals surface area contributed by atoms with Crippen LogP contribution in [0, 0.1) is 13.8 Å². The summed E-state index contributed by atoms with van der Waals surface area (Å²) in [4.78, 5) is 25.8. The third-order valence-electron chi connectivity index (χ3n) is 3.39. The molecule has 0 aliphatic heterocycles. The molecule has 0 fully saturated rings. The molecule has 2 aromatic rings. The predicted octanol–water partition coefficient (Wildman–Crippen LogP) is 4.30. The van der Waals surface area contributed by atoms with E-state index in [0.717, 1.165) is 15.4 Å². The molecule has 0 radical (unpaired) electrons. The van der Waals surface area contributed by atoms with Crippen molar-refractivity contribution in [1.82, 2.24) is 0 Å². The van der Waals surface area contributed by atoms with Gasteiger partial charge in [-0.2, -0.15) is 0 Å². The summed E-state index contributed by atoms with van der Waals surface area (Å²) in [5.41, 5.74) is 3.01. The monoisotopic (exact) mass is 375 g/mol. The van der Waals surface area contributed by atoms with Gasteiger partial charge in [-0.15, -0.1) is 23.5 Å². The van der Waals surface area contributed by atoms with Crippen molar-refractivity contribution in [2.45, 2.75) is 23.6 Å². The number of amides is 1. The number of rotatable bonds is 7. The summed E-state index contributed by atoms with van der Waals surface area (Å²) < 4.78 is 5.04. The third-order valence-corrected chi connectivity index (χ3v) is 5.27. The predicted molar refractivity (Wildman–Crippen MR) is 104 cm³/mol. The molecular formula is C19H21NO3S2. The van der Waals surface area contributed by atoms with Gasteiger partial charge in [0.1, 0.15) is 0 Å². The molecule has 6 heteroatoms. The summed E-state index contributed by atoms with van der Waals surface area (Å²) >= 11 is 3.01. The first-order valence-corrected chi connectivity index (χ1v) is 9.98. The fourth-order valence-electron chi connectivity index (χ4n) is 2.18. The average molecular weight is 376 g/mol. The van der Waals surface area contributed by atoms with Crippen LogP contribution >= 0.6 is 23.5 Å². The lowest BCUT2D eigenvalue weighted by molar-refractivity contribution is -0.144. The van der Waals surface area contributed by atoms with E-state index in [2.05, 4.69) is 11.4 Å². The van der Waals surface area contributed by atoms with E-state index in [9.17, 15) is 9.59 Å². The number of ether oxygens (including phenoxy) is 1. The molecule has 0 saturated heterocycles. The second-order valence-corrected chi connectivity index (χ2v) is 7.40. The molecular weight excluding hydrogens is 354 g/mol. The van der Waals surface area contributed by atoms with E-state index in [0.29, 0.717) is 5.69 Å². The number of hydrogen-bond acceptors (Lipinski definition) is 5. The van der Waals surface area contributed by atoms with E-state index in [1.54, 1.807) is 17.8 Å². The van der Waals surface area contributed by atoms with Crippen LogP contribution in [0.4, 0.5) is 5.69 Å². The summed E-state index contributed by atoms with van der Waals surface area (Å²) in [6.45, 7) is 3.76. The van der Waals surface area contributed by atoms with E-state index >= 15 is 0 Å². The Morgan fingerprint density at radius 3 is 2.64 bits per heavy atom. The smallest absolute Gasteiger partial charge is 0.316 e. The molecule has 25 heavy (non-hydrogen) atoms. The number of carbonyl (C=O) groups excluding carboxylic acids is 2. The summed E-state index contributed by atoms with van der Waals surface area (Å²) in [5, 5.41) is 2.72. The second kappa shape index (κ2) is 9.53. The van der Waals surface area contributed by atoms with Crippen molar-refractivity contribution in [3.63, 3.8) is 0 Å². The van der Waals surface area contributed by atoms with Crippen molar-refractivity contribution in [1.29, 1.82) is 0 Å². The number of hydrogen-bond donors (Lipinski definition) is 1. The van der Waals surface area contributed by atoms with Crippen molar-refractivity contribution < 1.29 is 14.3 Å². The molecule has 0 spiro atoms. The molecule has 0 aliphatic carbocycles. The highest BCUT2D eigenvalue weighted by Crippen LogP contribution is 2.23. The minimum Gasteiger partial charge on any atom is -0.455 e. The summed E-state index contributed by atoms with van der Waals surface area (Å²) in [5.74, 6) is -0.569. The third kappa shape index (κ3) is 6.48. The van der Waals surface area contributed by atoms with Gasteiger partial charge in [-0.3, -0.25) is 9.59 Å². The molecule has 0 saturated carbocycles. The first-order valence-electron chi connectivity index (χ1n) is 7.77. The van der Waals surface area contributed by atoms with Crippen LogP contribution in [0.3, 0.4) is 0 Å². The second-order valence-electron chi connectivity index (χ2n) is 5.50. The molecule has 4 nitrogen and oxygen atoms in total. The van der Waals surface area contributed by atoms with Crippen LogP contribution < -0.4 is 5.32 Å². The highest BCUT2D eigenvalue weighted by Gasteiger charge is 2.10. The molecule has 1 N–H and O–H groups in total. The van der Waals surface area contributed by atoms with E-state index in [1.165, 1.54) is 17.3 Å². The lowest BCUT2D eigenvalue weighted by atomic mass is 10.2. The Balaban J connectivity index is 1.76. The standard InChI is InChI=1S/C19H21NO3S2/c1-13-7-8-17(14(2)9-13)25-12-19(22)23-11-18(21)20-15-5-4-6-16(10-15)24-3/h4-10H,11-12H2,1-3H3,(H,20,21). The zero-order valence-corrected chi connectivity index (χ0v) is 16.1. The van der Waals surface area contributed by atoms with Crippen molar-refractivity contribution in [2.24, 2.45) is 0 Å². The van der Waals surface area contributed by atoms with E-state index in [4.69, 9.17) is 4.74 Å². The van der Waals surface area contributed by atoms with E-state index in [1.807, 2.05) is 50.4 Å². The lowest BCUT2D eigenvalue weighted by Gasteiger charge is -2.08. The molecule has 0 aliphatic rings. The van der Waals surface area contributed by atoms with Crippen LogP contribution in [-0.4, -0.2) is 30.5 Å². The zero-order valence-electron chi connectivity index (χ0n) is 14.5. The molecule has 2 aromatic carbocycles. The molecule has 132 valence electrons. The van der Waals surface area contributed by atoms with Crippen LogP contribution in [0.15, 0.2) is 52.3 Å². The van der Waals surface area contributed by atoms with Gasteiger partial charge in [0.15, 0.2) is 6.61 Å². The van der Waals surface area contributed by atoms with Crippen molar-refractivity contribution >= 4 is 41.1 Å². The Morgan fingerprint density at radius 2 is 1.92 bits per heavy atom. The highest BCUT2D eigenvalue weighted by atomic mass is 32.2. The Kier molecular flexibility index (Phi) is 7.40. The summed E-state index contributed by atoms with van der Waals surface area (Å²) in [7, 11) is 0. The van der Waals surface area contributed by atoms with Gasteiger partial charge in [0.2, 0.25) is 0 Å². The molecule has 2 rings (SSSR count). The van der Waals surface area contributed by atoms with Crippen molar-refractivity contribution in [3.8, 4) is 0 Å². The Bertz CT molecular complexity index is 762. The van der Waals surface area contributed by atoms with Gasteiger partial charge in [0.25, 0.3) is 5.91 Å². The number of nitrogens with one attached hydrogen (secondary N) is 1. The number of benzene rings is 2. The fraction of sp³-hybridized carbons (Fsp3) is 0.263. The van der Waals surface area contributed by atoms with E-state index < -0.39 is 5.97 Å². The maximum absolute atomic E-state index is 11.9. The van der Waals surface area contributed by atoms with Crippen LogP contribution in [0.5, 0.6) is 0 Å². The molecule has 0 unspecified atom stereocenters. The first kappa shape index (κ1) is 19.4. The number of carbonyl (C=O) groups is 2. The Labute approximate surface area is 156 Å². The molecule has 0 atom stereocenters. The maximum Gasteiger partial charge on any atom is 0.316 e. The van der Waals surface area contributed by atoms with Gasteiger partial charge < -0.3 is 10.1 Å². The van der Waals surface area contributed by atoms with Crippen molar-refractivity contribution in [2.75, 3.05) is 23.9 Å². The quantitative estimate of drug-likeness (QED) is 0.578. The largest absolute Gasteiger partial charge is 0.455 e. The number of aryl methyl sites for hydroxylation is 2. The normalized spacial score (nSPS) is 10.4. The molecule has 0 aromatic heterocycles. The Hall–Kier alpha value is -1.92. The van der Waals surface area contributed by atoms with Gasteiger partial charge in [-0.05, 0) is 49.9 Å². The van der Waals surface area contributed by atoms with Gasteiger partial charge in [-0.1, -0.05) is 23.8 Å². The summed E-state index contributed by atoms with van der Waals surface area (Å²) in [6.07, 6.45) is 1.97. The highest BCUT2D eigenvalue weighted by molar-refractivity contribution is 8.00. The fourth-order valence-corrected chi connectivity index (χ4v) is 3.45. The zero-order chi connectivity index (χ0) is 18.2. The number of esters is 1. The molecule has 1 amide bonds. The van der Waals surface area contributed by atoms with Crippen LogP contribution in [-0.2, 0) is 14.3 Å². The number of thioether (sulfide) groups is 2. The van der Waals surface area contributed by atoms with Gasteiger partial charge in [0.05, 0.1) is 5.75 Å². The van der Waals surface area contributed by atoms with Crippen LogP contribution in [0.1, 0.15) is 11.1 Å². The van der Waals surface area contributed by atoms with Gasteiger partial charge >= 0.3 is 5.97 Å². The van der Waals surface area contributed by atoms with Crippen molar-refractivity contribution in [3.05, 3.63) is 53.6 Å². The topological polar surface area (TPSA) is 55.4 Å². The first-order chi connectivity index (χ1) is 12.0. The average Bonchev–Trinajstić information content (AvgIpc) is 2.59. The lowest BCUT2D eigenvalue weighted by Crippen LogP contribution is -2.21. The summed E-state index contributed by atoms with van der Waals surface area (Å²) in [6, 6.07) is 13.6. The maximum atomic E-state index is 11.9. The van der Waals surface area contributed by atoms with Crippen LogP contribution in [0.2, 0.25) is 0 Å². The molecule has 0 heterocycles. The van der Waals surface area contributed by atoms with Gasteiger partial charge in [-0.25, -0.2) is 0 Å². The van der Waals surface area contributed by atoms with Gasteiger partial charge in [0, 0.05) is 15.5 Å². The minimum atomic E-state index is -0.405. The van der Waals surface area contributed by atoms with E-state index in [-0.39, 0.29) is 18.3 Å². The molecule has 0 bridgehead atoms. The number of anilines is 1. The van der Waals surface area contributed by atoms with Crippen LogP contribution in [0.25, 0.3) is 0 Å². The Morgan fingerprint density at radius 1 is 1.12 bits per heavy atom.